The highest BCUT2D eigenvalue weighted by molar-refractivity contribution is 5.59. The molecule has 0 aliphatic heterocycles. The lowest BCUT2D eigenvalue weighted by atomic mass is 10.2. The highest BCUT2D eigenvalue weighted by Crippen LogP contribution is 2.20. The van der Waals surface area contributed by atoms with Crippen molar-refractivity contribution in [2.75, 3.05) is 5.73 Å². The number of aromatic nitrogens is 4. The maximum Gasteiger partial charge on any atom is 0.140 e. The minimum Gasteiger partial charge on any atom is -0.399 e. The summed E-state index contributed by atoms with van der Waals surface area (Å²) in [5.74, 6) is 0.939. The van der Waals surface area contributed by atoms with Crippen LogP contribution in [0.25, 0.3) is 11.4 Å². The third kappa shape index (κ3) is 2.67. The number of benzene rings is 1. The molecule has 108 valence electrons. The predicted molar refractivity (Wildman–Crippen MR) is 83.8 cm³/mol. The molecule has 3 aromatic rings. The summed E-state index contributed by atoms with van der Waals surface area (Å²) in [7, 11) is 1.98. The Morgan fingerprint density at radius 3 is 2.62 bits per heavy atom. The monoisotopic (exact) mass is 281 g/mol. The third-order valence-corrected chi connectivity index (χ3v) is 3.61. The summed E-state index contributed by atoms with van der Waals surface area (Å²) in [5.41, 5.74) is 9.84. The molecule has 5 nitrogen and oxygen atoms in total. The summed E-state index contributed by atoms with van der Waals surface area (Å²) in [5, 5.41) is 4.49. The van der Waals surface area contributed by atoms with Crippen LogP contribution in [0, 0.1) is 0 Å². The highest BCUT2D eigenvalue weighted by Gasteiger charge is 2.09. The predicted octanol–water partition coefficient (Wildman–Crippen LogP) is 2.48. The molecular formula is C16H19N5. The van der Waals surface area contributed by atoms with Gasteiger partial charge >= 0.3 is 0 Å². The van der Waals surface area contributed by atoms with Gasteiger partial charge in [0.1, 0.15) is 5.82 Å². The first-order chi connectivity index (χ1) is 10.2. The van der Waals surface area contributed by atoms with Crippen molar-refractivity contribution < 1.29 is 0 Å². The fourth-order valence-electron chi connectivity index (χ4n) is 2.40. The van der Waals surface area contributed by atoms with Gasteiger partial charge in [-0.15, -0.1) is 0 Å². The second-order valence-corrected chi connectivity index (χ2v) is 5.10. The minimum atomic E-state index is 0.753. The summed E-state index contributed by atoms with van der Waals surface area (Å²) < 4.78 is 4.06. The Morgan fingerprint density at radius 2 is 1.95 bits per heavy atom. The Labute approximate surface area is 124 Å². The van der Waals surface area contributed by atoms with Gasteiger partial charge in [-0.05, 0) is 36.8 Å². The number of anilines is 1. The molecule has 0 fully saturated rings. The van der Waals surface area contributed by atoms with Crippen molar-refractivity contribution >= 4 is 5.69 Å². The van der Waals surface area contributed by atoms with Crippen LogP contribution < -0.4 is 5.73 Å². The van der Waals surface area contributed by atoms with Crippen molar-refractivity contribution in [2.24, 2.45) is 7.05 Å². The second kappa shape index (κ2) is 5.44. The van der Waals surface area contributed by atoms with E-state index in [1.54, 1.807) is 0 Å². The van der Waals surface area contributed by atoms with Crippen LogP contribution in [-0.2, 0) is 20.0 Å². The zero-order valence-corrected chi connectivity index (χ0v) is 12.3. The van der Waals surface area contributed by atoms with E-state index in [4.69, 9.17) is 5.73 Å². The van der Waals surface area contributed by atoms with Crippen LogP contribution in [0.2, 0.25) is 0 Å². The highest BCUT2D eigenvalue weighted by atomic mass is 15.3. The standard InChI is InChI=1S/C16H19N5/c1-3-14-10-15(20(2)19-14)11-21-9-8-18-16(21)12-4-6-13(17)7-5-12/h4-10H,3,11,17H2,1-2H3. The number of hydrogen-bond acceptors (Lipinski definition) is 3. The van der Waals surface area contributed by atoms with Gasteiger partial charge in [-0.1, -0.05) is 6.92 Å². The van der Waals surface area contributed by atoms with E-state index in [0.717, 1.165) is 35.7 Å². The first-order valence-electron chi connectivity index (χ1n) is 7.06. The van der Waals surface area contributed by atoms with Gasteiger partial charge in [0.2, 0.25) is 0 Å². The second-order valence-electron chi connectivity index (χ2n) is 5.10. The molecule has 0 aliphatic carbocycles. The molecule has 0 amide bonds. The Balaban J connectivity index is 1.92. The maximum atomic E-state index is 5.74. The number of hydrogen-bond donors (Lipinski definition) is 1. The van der Waals surface area contributed by atoms with Crippen LogP contribution in [0.5, 0.6) is 0 Å². The number of nitrogens with two attached hydrogens (primary N) is 1. The van der Waals surface area contributed by atoms with Gasteiger partial charge in [0.15, 0.2) is 0 Å². The van der Waals surface area contributed by atoms with Crippen molar-refractivity contribution in [3.05, 3.63) is 54.1 Å². The Hall–Kier alpha value is -2.56. The lowest BCUT2D eigenvalue weighted by Gasteiger charge is -2.08. The van der Waals surface area contributed by atoms with Crippen molar-refractivity contribution in [2.45, 2.75) is 19.9 Å². The van der Waals surface area contributed by atoms with Crippen LogP contribution in [0.3, 0.4) is 0 Å². The lowest BCUT2D eigenvalue weighted by molar-refractivity contribution is 0.663. The molecule has 2 heterocycles. The molecule has 0 unspecified atom stereocenters. The largest absolute Gasteiger partial charge is 0.399 e. The van der Waals surface area contributed by atoms with Gasteiger partial charge in [-0.2, -0.15) is 5.10 Å². The molecule has 0 atom stereocenters. The lowest BCUT2D eigenvalue weighted by Crippen LogP contribution is -2.06. The van der Waals surface area contributed by atoms with Crippen molar-refractivity contribution in [3.63, 3.8) is 0 Å². The Bertz CT molecular complexity index is 736. The van der Waals surface area contributed by atoms with Crippen molar-refractivity contribution in [3.8, 4) is 11.4 Å². The zero-order valence-electron chi connectivity index (χ0n) is 12.3. The molecule has 1 aromatic carbocycles. The molecule has 0 saturated carbocycles. The van der Waals surface area contributed by atoms with Gasteiger partial charge in [0.05, 0.1) is 17.9 Å². The van der Waals surface area contributed by atoms with Gasteiger partial charge in [0.25, 0.3) is 0 Å². The number of nitrogens with zero attached hydrogens (tertiary/aromatic N) is 4. The molecule has 0 radical (unpaired) electrons. The fourth-order valence-corrected chi connectivity index (χ4v) is 2.40. The SMILES string of the molecule is CCc1cc(Cn2ccnc2-c2ccc(N)cc2)n(C)n1. The molecule has 0 aliphatic rings. The van der Waals surface area contributed by atoms with Crippen molar-refractivity contribution in [1.82, 2.24) is 19.3 Å². The molecule has 2 aromatic heterocycles. The average molecular weight is 281 g/mol. The average Bonchev–Trinajstić information content (AvgIpc) is 3.08. The Kier molecular flexibility index (Phi) is 3.48. The van der Waals surface area contributed by atoms with Gasteiger partial charge in [-0.3, -0.25) is 4.68 Å². The quantitative estimate of drug-likeness (QED) is 0.747. The minimum absolute atomic E-state index is 0.753. The molecule has 5 heteroatoms. The molecule has 0 saturated heterocycles. The van der Waals surface area contributed by atoms with E-state index in [1.165, 1.54) is 5.69 Å². The number of nitrogen functional groups attached to an aromatic ring is 1. The molecule has 21 heavy (non-hydrogen) atoms. The van der Waals surface area contributed by atoms with Gasteiger partial charge in [-0.25, -0.2) is 4.98 Å². The van der Waals surface area contributed by atoms with E-state index >= 15 is 0 Å². The summed E-state index contributed by atoms with van der Waals surface area (Å²) in [6.45, 7) is 2.87. The summed E-state index contributed by atoms with van der Waals surface area (Å²) in [4.78, 5) is 4.46. The zero-order chi connectivity index (χ0) is 14.8. The number of aryl methyl sites for hydroxylation is 2. The van der Waals surface area contributed by atoms with E-state index in [1.807, 2.05) is 48.4 Å². The maximum absolute atomic E-state index is 5.74. The summed E-state index contributed by atoms with van der Waals surface area (Å²) >= 11 is 0. The molecule has 2 N–H and O–H groups in total. The van der Waals surface area contributed by atoms with E-state index < -0.39 is 0 Å². The van der Waals surface area contributed by atoms with Crippen LogP contribution in [0.4, 0.5) is 5.69 Å². The first kappa shape index (κ1) is 13.4. The van der Waals surface area contributed by atoms with Crippen LogP contribution in [0.15, 0.2) is 42.7 Å². The number of rotatable bonds is 4. The normalized spacial score (nSPS) is 11.0. The molecular weight excluding hydrogens is 262 g/mol. The van der Waals surface area contributed by atoms with E-state index in [0.29, 0.717) is 0 Å². The smallest absolute Gasteiger partial charge is 0.140 e. The summed E-state index contributed by atoms with van der Waals surface area (Å²) in [6.07, 6.45) is 4.76. The topological polar surface area (TPSA) is 61.7 Å². The van der Waals surface area contributed by atoms with Crippen molar-refractivity contribution in [1.29, 1.82) is 0 Å². The number of imidazole rings is 1. The van der Waals surface area contributed by atoms with Gasteiger partial charge < -0.3 is 10.3 Å². The first-order valence-corrected chi connectivity index (χ1v) is 7.06. The molecule has 3 rings (SSSR count). The molecule has 0 bridgehead atoms. The Morgan fingerprint density at radius 1 is 1.19 bits per heavy atom. The van der Waals surface area contributed by atoms with E-state index in [9.17, 15) is 0 Å². The van der Waals surface area contributed by atoms with E-state index in [-0.39, 0.29) is 0 Å². The molecule has 0 spiro atoms. The van der Waals surface area contributed by atoms with E-state index in [2.05, 4.69) is 27.6 Å². The fraction of sp³-hybridized carbons (Fsp3) is 0.250. The van der Waals surface area contributed by atoms with Crippen LogP contribution in [-0.4, -0.2) is 19.3 Å². The van der Waals surface area contributed by atoms with Crippen LogP contribution >= 0.6 is 0 Å². The summed E-state index contributed by atoms with van der Waals surface area (Å²) in [6, 6.07) is 9.93. The van der Waals surface area contributed by atoms with Crippen LogP contribution in [0.1, 0.15) is 18.3 Å². The third-order valence-electron chi connectivity index (χ3n) is 3.61. The van der Waals surface area contributed by atoms with Gasteiger partial charge in [0, 0.05) is 30.7 Å².